The maximum atomic E-state index is 6.21. The second kappa shape index (κ2) is 7.51. The van der Waals surface area contributed by atoms with Crippen LogP contribution in [0.5, 0.6) is 5.75 Å². The number of halogens is 1. The van der Waals surface area contributed by atoms with E-state index in [0.29, 0.717) is 0 Å². The normalized spacial score (nSPS) is 11.2. The summed E-state index contributed by atoms with van der Waals surface area (Å²) in [6.07, 6.45) is 1.08. The number of fused-ring (bicyclic) bond motifs is 1. The van der Waals surface area contributed by atoms with Crippen molar-refractivity contribution < 1.29 is 9.64 Å². The number of ether oxygens (including phenoxy) is 1. The van der Waals surface area contributed by atoms with Gasteiger partial charge < -0.3 is 9.64 Å². The highest BCUT2D eigenvalue weighted by Crippen LogP contribution is 2.31. The van der Waals surface area contributed by atoms with Gasteiger partial charge in [0.2, 0.25) is 0 Å². The molecule has 0 amide bonds. The van der Waals surface area contributed by atoms with Crippen LogP contribution in [0.3, 0.4) is 0 Å². The van der Waals surface area contributed by atoms with Crippen LogP contribution < -0.4 is 9.64 Å². The minimum atomic E-state index is 0.759. The fourth-order valence-corrected chi connectivity index (χ4v) is 2.70. The molecule has 20 heavy (non-hydrogen) atoms. The minimum Gasteiger partial charge on any atom is -0.493 e. The van der Waals surface area contributed by atoms with Gasteiger partial charge in [0.05, 0.1) is 26.2 Å². The average Bonchev–Trinajstić information content (AvgIpc) is 2.50. The lowest BCUT2D eigenvalue weighted by Gasteiger charge is -2.15. The lowest BCUT2D eigenvalue weighted by Crippen LogP contribution is -3.11. The zero-order valence-electron chi connectivity index (χ0n) is 12.3. The molecule has 0 bridgehead atoms. The van der Waals surface area contributed by atoms with Crippen LogP contribution in [0.4, 0.5) is 0 Å². The monoisotopic (exact) mass is 292 g/mol. The second-order valence-electron chi connectivity index (χ2n) is 5.00. The molecule has 108 valence electrons. The van der Waals surface area contributed by atoms with Crippen LogP contribution >= 0.6 is 11.6 Å². The molecule has 0 unspecified atom stereocenters. The number of hydrogen-bond donors (Lipinski definition) is 1. The van der Waals surface area contributed by atoms with Gasteiger partial charge >= 0.3 is 0 Å². The highest BCUT2D eigenvalue weighted by molar-refractivity contribution is 6.35. The van der Waals surface area contributed by atoms with E-state index in [-0.39, 0.29) is 0 Å². The molecule has 0 saturated heterocycles. The van der Waals surface area contributed by atoms with Crippen LogP contribution in [0.2, 0.25) is 5.02 Å². The fourth-order valence-electron chi connectivity index (χ4n) is 2.47. The summed E-state index contributed by atoms with van der Waals surface area (Å²) < 4.78 is 5.94. The summed E-state index contributed by atoms with van der Waals surface area (Å²) in [6, 6.07) is 12.0. The van der Waals surface area contributed by atoms with Gasteiger partial charge in [0.25, 0.3) is 0 Å². The lowest BCUT2D eigenvalue weighted by atomic mass is 10.1. The zero-order chi connectivity index (χ0) is 14.4. The van der Waals surface area contributed by atoms with Crippen molar-refractivity contribution in [1.29, 1.82) is 0 Å². The third-order valence-electron chi connectivity index (χ3n) is 3.76. The van der Waals surface area contributed by atoms with Crippen LogP contribution in [0.15, 0.2) is 36.4 Å². The van der Waals surface area contributed by atoms with Crippen molar-refractivity contribution in [3.05, 3.63) is 41.4 Å². The lowest BCUT2D eigenvalue weighted by molar-refractivity contribution is -0.896. The minimum absolute atomic E-state index is 0.759. The molecule has 0 aromatic heterocycles. The van der Waals surface area contributed by atoms with Gasteiger partial charge in [-0.25, -0.2) is 0 Å². The van der Waals surface area contributed by atoms with Crippen LogP contribution in [0, 0.1) is 0 Å². The Labute approximate surface area is 126 Å². The van der Waals surface area contributed by atoms with Crippen molar-refractivity contribution >= 4 is 22.4 Å². The number of rotatable bonds is 7. The number of nitrogens with one attached hydrogen (secondary N) is 1. The smallest absolute Gasteiger partial charge is 0.127 e. The van der Waals surface area contributed by atoms with E-state index in [1.165, 1.54) is 19.6 Å². The molecule has 0 fully saturated rings. The van der Waals surface area contributed by atoms with Crippen molar-refractivity contribution in [2.45, 2.75) is 20.3 Å². The van der Waals surface area contributed by atoms with Gasteiger partial charge in [0.1, 0.15) is 5.75 Å². The van der Waals surface area contributed by atoms with E-state index in [1.54, 1.807) is 4.90 Å². The van der Waals surface area contributed by atoms with E-state index in [4.69, 9.17) is 16.3 Å². The van der Waals surface area contributed by atoms with Crippen LogP contribution in [0.1, 0.15) is 20.3 Å². The summed E-state index contributed by atoms with van der Waals surface area (Å²) >= 11 is 6.21. The van der Waals surface area contributed by atoms with Crippen LogP contribution in [-0.2, 0) is 0 Å². The molecule has 2 aromatic rings. The number of hydrogen-bond acceptors (Lipinski definition) is 1. The van der Waals surface area contributed by atoms with Gasteiger partial charge in [-0.2, -0.15) is 0 Å². The van der Waals surface area contributed by atoms with Crippen molar-refractivity contribution in [3.63, 3.8) is 0 Å². The van der Waals surface area contributed by atoms with E-state index in [9.17, 15) is 0 Å². The van der Waals surface area contributed by atoms with Gasteiger partial charge in [-0.3, -0.25) is 0 Å². The summed E-state index contributed by atoms with van der Waals surface area (Å²) in [5, 5.41) is 2.93. The Morgan fingerprint density at radius 1 is 1.00 bits per heavy atom. The first kappa shape index (κ1) is 15.1. The molecule has 2 nitrogen and oxygen atoms in total. The standard InChI is InChI=1S/C17H22ClNO/c1-3-19(4-2)12-7-13-20-17-11-10-16(18)14-8-5-6-9-15(14)17/h5-6,8-11H,3-4,7,12-13H2,1-2H3/p+1. The van der Waals surface area contributed by atoms with E-state index in [2.05, 4.69) is 19.9 Å². The molecule has 3 heteroatoms. The Hall–Kier alpha value is -1.25. The third-order valence-corrected chi connectivity index (χ3v) is 4.09. The summed E-state index contributed by atoms with van der Waals surface area (Å²) in [4.78, 5) is 1.62. The second-order valence-corrected chi connectivity index (χ2v) is 5.41. The Morgan fingerprint density at radius 2 is 1.70 bits per heavy atom. The van der Waals surface area contributed by atoms with E-state index >= 15 is 0 Å². The molecule has 0 aliphatic carbocycles. The van der Waals surface area contributed by atoms with Crippen LogP contribution in [-0.4, -0.2) is 26.2 Å². The Kier molecular flexibility index (Phi) is 5.69. The topological polar surface area (TPSA) is 13.7 Å². The van der Waals surface area contributed by atoms with Gasteiger partial charge in [0.15, 0.2) is 0 Å². The molecule has 1 N–H and O–H groups in total. The average molecular weight is 293 g/mol. The highest BCUT2D eigenvalue weighted by atomic mass is 35.5. The number of quaternary nitrogens is 1. The first-order chi connectivity index (χ1) is 9.76. The van der Waals surface area contributed by atoms with Crippen molar-refractivity contribution in [3.8, 4) is 5.75 Å². The highest BCUT2D eigenvalue weighted by Gasteiger charge is 2.06. The fraction of sp³-hybridized carbons (Fsp3) is 0.412. The van der Waals surface area contributed by atoms with E-state index < -0.39 is 0 Å². The molecule has 0 radical (unpaired) electrons. The van der Waals surface area contributed by atoms with Crippen molar-refractivity contribution in [2.75, 3.05) is 26.2 Å². The summed E-state index contributed by atoms with van der Waals surface area (Å²) in [5.74, 6) is 0.930. The predicted molar refractivity (Wildman–Crippen MR) is 86.0 cm³/mol. The van der Waals surface area contributed by atoms with Crippen molar-refractivity contribution in [2.24, 2.45) is 0 Å². The summed E-state index contributed by atoms with van der Waals surface area (Å²) in [6.45, 7) is 8.74. The van der Waals surface area contributed by atoms with Crippen LogP contribution in [0.25, 0.3) is 10.8 Å². The Balaban J connectivity index is 1.98. The van der Waals surface area contributed by atoms with Gasteiger partial charge in [-0.05, 0) is 26.0 Å². The van der Waals surface area contributed by atoms with Gasteiger partial charge in [0, 0.05) is 22.2 Å². The summed E-state index contributed by atoms with van der Waals surface area (Å²) in [5.41, 5.74) is 0. The van der Waals surface area contributed by atoms with Gasteiger partial charge in [-0.15, -0.1) is 0 Å². The molecule has 0 aliphatic heterocycles. The SMILES string of the molecule is CC[NH+](CC)CCCOc1ccc(Cl)c2ccccc12. The number of benzene rings is 2. The molecular formula is C17H23ClNO+. The zero-order valence-corrected chi connectivity index (χ0v) is 13.0. The maximum absolute atomic E-state index is 6.21. The quantitative estimate of drug-likeness (QED) is 0.774. The maximum Gasteiger partial charge on any atom is 0.127 e. The van der Waals surface area contributed by atoms with Crippen molar-refractivity contribution in [1.82, 2.24) is 0 Å². The largest absolute Gasteiger partial charge is 0.493 e. The summed E-state index contributed by atoms with van der Waals surface area (Å²) in [7, 11) is 0. The Morgan fingerprint density at radius 3 is 2.40 bits per heavy atom. The first-order valence-corrected chi connectivity index (χ1v) is 7.77. The molecule has 0 heterocycles. The van der Waals surface area contributed by atoms with E-state index in [1.807, 2.05) is 30.3 Å². The molecule has 0 aliphatic rings. The molecule has 2 rings (SSSR count). The molecule has 0 spiro atoms. The molecule has 2 aromatic carbocycles. The molecule has 0 saturated carbocycles. The molecule has 0 atom stereocenters. The van der Waals surface area contributed by atoms with E-state index in [0.717, 1.165) is 34.6 Å². The predicted octanol–water partition coefficient (Wildman–Crippen LogP) is 3.19. The first-order valence-electron chi connectivity index (χ1n) is 7.39. The Bertz CT molecular complexity index is 552. The van der Waals surface area contributed by atoms with Gasteiger partial charge in [-0.1, -0.05) is 35.9 Å². The third kappa shape index (κ3) is 3.65. The molecular weight excluding hydrogens is 270 g/mol.